The predicted molar refractivity (Wildman–Crippen MR) is 149 cm³/mol. The molecule has 4 aromatic rings. The number of carbonyl (C=O) groups excluding carboxylic acids is 2. The second kappa shape index (κ2) is 13.4. The SMILES string of the molecule is C.C=CCOC(=O)c1ccc2c(c1C)CC[C@@H]2NC(=O)c1cc(C(=O)O)nc2ncnn12.NCc1cccc(F)c1. The second-order valence-corrected chi connectivity index (χ2v) is 8.90. The van der Waals surface area contributed by atoms with Crippen molar-refractivity contribution in [2.75, 3.05) is 6.61 Å². The minimum atomic E-state index is -1.27. The molecule has 1 aliphatic carbocycles. The average Bonchev–Trinajstić information content (AvgIpc) is 3.59. The lowest BCUT2D eigenvalue weighted by Crippen LogP contribution is -2.29. The van der Waals surface area contributed by atoms with E-state index in [-0.39, 0.29) is 43.1 Å². The van der Waals surface area contributed by atoms with Crippen LogP contribution in [-0.4, -0.2) is 49.1 Å². The Hall–Kier alpha value is -4.97. The van der Waals surface area contributed by atoms with E-state index in [1.807, 2.05) is 13.0 Å². The van der Waals surface area contributed by atoms with Gasteiger partial charge in [0.25, 0.3) is 11.7 Å². The maximum Gasteiger partial charge on any atom is 0.354 e. The lowest BCUT2D eigenvalue weighted by atomic mass is 9.98. The fourth-order valence-electron chi connectivity index (χ4n) is 4.44. The fourth-order valence-corrected chi connectivity index (χ4v) is 4.44. The Morgan fingerprint density at radius 2 is 2.05 bits per heavy atom. The molecule has 1 amide bonds. The van der Waals surface area contributed by atoms with Crippen molar-refractivity contribution in [3.8, 4) is 0 Å². The van der Waals surface area contributed by atoms with Gasteiger partial charge in [0.05, 0.1) is 11.6 Å². The van der Waals surface area contributed by atoms with Crippen LogP contribution in [0, 0.1) is 12.7 Å². The zero-order chi connectivity index (χ0) is 28.8. The Morgan fingerprint density at radius 1 is 1.27 bits per heavy atom. The van der Waals surface area contributed by atoms with Crippen molar-refractivity contribution < 1.29 is 28.6 Å². The van der Waals surface area contributed by atoms with E-state index < -0.39 is 17.8 Å². The Bertz CT molecular complexity index is 1600. The number of esters is 1. The number of nitrogens with one attached hydrogen (secondary N) is 1. The third kappa shape index (κ3) is 6.79. The van der Waals surface area contributed by atoms with Crippen LogP contribution in [0.25, 0.3) is 5.78 Å². The molecule has 4 N–H and O–H groups in total. The summed E-state index contributed by atoms with van der Waals surface area (Å²) >= 11 is 0. The van der Waals surface area contributed by atoms with Crippen molar-refractivity contribution in [2.24, 2.45) is 5.73 Å². The molecule has 1 aliphatic rings. The lowest BCUT2D eigenvalue weighted by molar-refractivity contribution is 0.0548. The molecule has 0 bridgehead atoms. The number of aromatic carboxylic acids is 1. The van der Waals surface area contributed by atoms with Crippen LogP contribution >= 0.6 is 0 Å². The van der Waals surface area contributed by atoms with Crippen LogP contribution in [0.3, 0.4) is 0 Å². The fraction of sp³-hybridized carbons (Fsp3) is 0.241. The first kappa shape index (κ1) is 30.6. The molecule has 0 spiro atoms. The summed E-state index contributed by atoms with van der Waals surface area (Å²) < 4.78 is 18.6. The predicted octanol–water partition coefficient (Wildman–Crippen LogP) is 3.81. The maximum absolute atomic E-state index is 13.0. The summed E-state index contributed by atoms with van der Waals surface area (Å²) in [5.41, 5.74) is 9.01. The summed E-state index contributed by atoms with van der Waals surface area (Å²) in [6.45, 7) is 5.93. The number of fused-ring (bicyclic) bond motifs is 2. The molecule has 2 aromatic heterocycles. The highest BCUT2D eigenvalue weighted by molar-refractivity contribution is 5.96. The van der Waals surface area contributed by atoms with Gasteiger partial charge >= 0.3 is 11.9 Å². The molecular formula is C29H31FN6O5. The zero-order valence-electron chi connectivity index (χ0n) is 21.6. The smallest absolute Gasteiger partial charge is 0.354 e. The van der Waals surface area contributed by atoms with Gasteiger partial charge in [-0.1, -0.05) is 38.3 Å². The number of benzene rings is 2. The molecule has 0 saturated heterocycles. The molecule has 0 saturated carbocycles. The van der Waals surface area contributed by atoms with Crippen LogP contribution in [-0.2, 0) is 17.7 Å². The van der Waals surface area contributed by atoms with Gasteiger partial charge < -0.3 is 20.9 Å². The highest BCUT2D eigenvalue weighted by atomic mass is 19.1. The molecule has 11 nitrogen and oxygen atoms in total. The molecule has 1 atom stereocenters. The summed E-state index contributed by atoms with van der Waals surface area (Å²) in [6, 6.07) is 10.7. The van der Waals surface area contributed by atoms with Gasteiger partial charge in [-0.3, -0.25) is 4.79 Å². The summed E-state index contributed by atoms with van der Waals surface area (Å²) in [6.07, 6.45) is 4.04. The largest absolute Gasteiger partial charge is 0.477 e. The van der Waals surface area contributed by atoms with Crippen molar-refractivity contribution in [3.63, 3.8) is 0 Å². The number of carbonyl (C=O) groups is 3. The van der Waals surface area contributed by atoms with Crippen LogP contribution in [0.5, 0.6) is 0 Å². The Morgan fingerprint density at radius 3 is 2.71 bits per heavy atom. The summed E-state index contributed by atoms with van der Waals surface area (Å²) in [5, 5.41) is 16.2. The van der Waals surface area contributed by atoms with Crippen molar-refractivity contribution >= 4 is 23.6 Å². The Kier molecular flexibility index (Phi) is 9.99. The van der Waals surface area contributed by atoms with E-state index >= 15 is 0 Å². The van der Waals surface area contributed by atoms with Crippen molar-refractivity contribution in [3.05, 3.63) is 106 Å². The molecule has 41 heavy (non-hydrogen) atoms. The van der Waals surface area contributed by atoms with E-state index in [9.17, 15) is 23.9 Å². The number of carboxylic acid groups (broad SMARTS) is 1. The Labute approximate surface area is 235 Å². The van der Waals surface area contributed by atoms with Gasteiger partial charge in [-0.2, -0.15) is 14.6 Å². The first-order valence-corrected chi connectivity index (χ1v) is 12.3. The minimum absolute atomic E-state index is 0. The highest BCUT2D eigenvalue weighted by Gasteiger charge is 2.29. The van der Waals surface area contributed by atoms with Crippen LogP contribution in [0.15, 0.2) is 61.4 Å². The normalized spacial score (nSPS) is 13.3. The number of amides is 1. The van der Waals surface area contributed by atoms with E-state index in [1.54, 1.807) is 18.2 Å². The molecule has 0 fully saturated rings. The lowest BCUT2D eigenvalue weighted by Gasteiger charge is -2.16. The third-order valence-corrected chi connectivity index (χ3v) is 6.38. The quantitative estimate of drug-likeness (QED) is 0.225. The molecule has 214 valence electrons. The second-order valence-electron chi connectivity index (χ2n) is 8.90. The van der Waals surface area contributed by atoms with Crippen molar-refractivity contribution in [2.45, 2.75) is 39.8 Å². The first-order valence-electron chi connectivity index (χ1n) is 12.3. The van der Waals surface area contributed by atoms with Crippen molar-refractivity contribution in [1.29, 1.82) is 0 Å². The number of hydrogen-bond acceptors (Lipinski definition) is 8. The molecule has 0 radical (unpaired) electrons. The number of hydrogen-bond donors (Lipinski definition) is 3. The number of carboxylic acids is 1. The van der Waals surface area contributed by atoms with Gasteiger partial charge in [0.2, 0.25) is 0 Å². The first-order chi connectivity index (χ1) is 19.2. The van der Waals surface area contributed by atoms with E-state index in [2.05, 4.69) is 27.0 Å². The van der Waals surface area contributed by atoms with Crippen LogP contribution in [0.2, 0.25) is 0 Å². The number of ether oxygens (including phenoxy) is 1. The van der Waals surface area contributed by atoms with E-state index in [0.29, 0.717) is 24.9 Å². The molecule has 0 aliphatic heterocycles. The maximum atomic E-state index is 13.0. The van der Waals surface area contributed by atoms with Crippen LogP contribution in [0.4, 0.5) is 4.39 Å². The molecule has 5 rings (SSSR count). The van der Waals surface area contributed by atoms with Gasteiger partial charge in [0.15, 0.2) is 5.69 Å². The monoisotopic (exact) mass is 562 g/mol. The average molecular weight is 563 g/mol. The van der Waals surface area contributed by atoms with Crippen molar-refractivity contribution in [1.82, 2.24) is 24.9 Å². The van der Waals surface area contributed by atoms with Gasteiger partial charge in [0.1, 0.15) is 24.4 Å². The van der Waals surface area contributed by atoms with E-state index in [1.165, 1.54) is 35.1 Å². The summed E-state index contributed by atoms with van der Waals surface area (Å²) in [7, 11) is 0. The molecule has 2 aromatic carbocycles. The molecule has 2 heterocycles. The van der Waals surface area contributed by atoms with E-state index in [0.717, 1.165) is 22.3 Å². The van der Waals surface area contributed by atoms with Gasteiger partial charge in [-0.05, 0) is 60.2 Å². The molecule has 12 heteroatoms. The number of nitrogens with zero attached hydrogens (tertiary/aromatic N) is 4. The summed E-state index contributed by atoms with van der Waals surface area (Å²) in [4.78, 5) is 44.3. The van der Waals surface area contributed by atoms with Crippen LogP contribution < -0.4 is 11.1 Å². The van der Waals surface area contributed by atoms with Gasteiger partial charge in [-0.25, -0.2) is 19.0 Å². The third-order valence-electron chi connectivity index (χ3n) is 6.38. The van der Waals surface area contributed by atoms with Gasteiger partial charge in [0, 0.05) is 12.6 Å². The van der Waals surface area contributed by atoms with Crippen LogP contribution in [0.1, 0.15) is 73.5 Å². The zero-order valence-corrected chi connectivity index (χ0v) is 21.6. The Balaban J connectivity index is 0.000000396. The van der Waals surface area contributed by atoms with Gasteiger partial charge in [-0.15, -0.1) is 0 Å². The number of nitrogens with two attached hydrogens (primary N) is 1. The number of rotatable bonds is 7. The van der Waals surface area contributed by atoms with E-state index in [4.69, 9.17) is 10.5 Å². The minimum Gasteiger partial charge on any atom is -0.477 e. The molecular weight excluding hydrogens is 531 g/mol. The topological polar surface area (TPSA) is 162 Å². The number of aromatic nitrogens is 4. The number of halogens is 1. The molecule has 0 unspecified atom stereocenters. The standard InChI is InChI=1S/C21H19N5O5.C7H8FN.CH4/c1-3-8-31-20(30)13-4-5-14-12(11(13)2)6-7-15(14)24-18(27)17-9-16(19(28)29)25-21-22-10-23-26(17)21;8-7-3-1-2-6(4-7)5-9;/h3-5,9-10,15H,1,6-8H2,2H3,(H,24,27)(H,28,29);1-4H,5,9H2;1H4/t15-;;/m0../s1. The highest BCUT2D eigenvalue weighted by Crippen LogP contribution is 2.35. The summed E-state index contributed by atoms with van der Waals surface area (Å²) in [5.74, 6) is -2.38.